The van der Waals surface area contributed by atoms with Crippen molar-refractivity contribution < 1.29 is 14.5 Å². The second-order valence-corrected chi connectivity index (χ2v) is 9.13. The molecular weight excluding hydrogens is 510 g/mol. The minimum Gasteiger partial charge on any atom is -0.463 e. The zero-order chi connectivity index (χ0) is 23.7. The average Bonchev–Trinajstić information content (AvgIpc) is 3.07. The van der Waals surface area contributed by atoms with E-state index in [2.05, 4.69) is 20.9 Å². The van der Waals surface area contributed by atoms with Gasteiger partial charge in [-0.15, -0.1) is 0 Å². The number of carbonyl (C=O) groups is 1. The number of allylic oxidation sites excluding steroid dienone is 1. The Morgan fingerprint density at radius 3 is 2.76 bits per heavy atom. The molecule has 1 aromatic heterocycles. The van der Waals surface area contributed by atoms with Crippen LogP contribution in [0.3, 0.4) is 0 Å². The largest absolute Gasteiger partial charge is 0.463 e. The zero-order valence-corrected chi connectivity index (χ0v) is 20.1. The number of carbonyl (C=O) groups excluding carboxylic acids is 1. The van der Waals surface area contributed by atoms with E-state index in [-0.39, 0.29) is 17.9 Å². The molecule has 0 saturated carbocycles. The van der Waals surface area contributed by atoms with Gasteiger partial charge in [0.05, 0.1) is 33.4 Å². The first kappa shape index (κ1) is 22.8. The molecule has 168 valence electrons. The molecule has 0 amide bonds. The Balaban J connectivity index is 1.95. The molecule has 1 atom stereocenters. The minimum absolute atomic E-state index is 0.0658. The van der Waals surface area contributed by atoms with Gasteiger partial charge in [0.2, 0.25) is 0 Å². The number of esters is 1. The lowest BCUT2D eigenvalue weighted by atomic mass is 9.96. The van der Waals surface area contributed by atoms with Crippen LogP contribution in [0.25, 0.3) is 6.08 Å². The lowest BCUT2D eigenvalue weighted by molar-refractivity contribution is -0.384. The van der Waals surface area contributed by atoms with Gasteiger partial charge < -0.3 is 4.74 Å². The number of hydrogen-bond donors (Lipinski definition) is 0. The van der Waals surface area contributed by atoms with E-state index >= 15 is 0 Å². The third kappa shape index (κ3) is 4.44. The first-order chi connectivity index (χ1) is 15.8. The van der Waals surface area contributed by atoms with Crippen LogP contribution < -0.4 is 14.9 Å². The predicted molar refractivity (Wildman–Crippen MR) is 128 cm³/mol. The molecule has 2 heterocycles. The van der Waals surface area contributed by atoms with Crippen LogP contribution in [-0.4, -0.2) is 22.1 Å². The molecule has 0 aliphatic carbocycles. The third-order valence-corrected chi connectivity index (χ3v) is 6.54. The van der Waals surface area contributed by atoms with Gasteiger partial charge in [-0.3, -0.25) is 19.5 Å². The Kier molecular flexibility index (Phi) is 6.39. The van der Waals surface area contributed by atoms with Crippen molar-refractivity contribution >= 4 is 45.0 Å². The SMILES string of the molecule is CCOC(=O)C1=C(C)N=c2sc(=Cc3cccc([N+](=O)[O-])c3)c(=O)n2C1c1cccc(Br)c1. The molecule has 1 aliphatic rings. The number of ether oxygens (including phenoxy) is 1. The van der Waals surface area contributed by atoms with Crippen molar-refractivity contribution in [2.24, 2.45) is 4.99 Å². The maximum Gasteiger partial charge on any atom is 0.338 e. The summed E-state index contributed by atoms with van der Waals surface area (Å²) in [6, 6.07) is 12.7. The zero-order valence-electron chi connectivity index (χ0n) is 17.6. The van der Waals surface area contributed by atoms with E-state index in [4.69, 9.17) is 4.74 Å². The highest BCUT2D eigenvalue weighted by Gasteiger charge is 2.33. The van der Waals surface area contributed by atoms with Crippen molar-refractivity contribution in [1.82, 2.24) is 4.57 Å². The molecular formula is C23H18BrN3O5S. The second kappa shape index (κ2) is 9.24. The number of nitrogens with zero attached hydrogens (tertiary/aromatic N) is 3. The highest BCUT2D eigenvalue weighted by atomic mass is 79.9. The van der Waals surface area contributed by atoms with Gasteiger partial charge >= 0.3 is 5.97 Å². The molecule has 8 nitrogen and oxygen atoms in total. The van der Waals surface area contributed by atoms with E-state index in [0.717, 1.165) is 21.4 Å². The monoisotopic (exact) mass is 527 g/mol. The summed E-state index contributed by atoms with van der Waals surface area (Å²) in [5.74, 6) is -0.531. The summed E-state index contributed by atoms with van der Waals surface area (Å²) >= 11 is 4.62. The molecule has 0 fully saturated rings. The molecule has 2 aromatic carbocycles. The van der Waals surface area contributed by atoms with Crippen LogP contribution >= 0.6 is 27.3 Å². The van der Waals surface area contributed by atoms with Gasteiger partial charge in [0.25, 0.3) is 11.2 Å². The maximum absolute atomic E-state index is 13.5. The smallest absolute Gasteiger partial charge is 0.338 e. The summed E-state index contributed by atoms with van der Waals surface area (Å²) in [6.07, 6.45) is 1.60. The van der Waals surface area contributed by atoms with E-state index in [9.17, 15) is 19.7 Å². The Bertz CT molecular complexity index is 1490. The van der Waals surface area contributed by atoms with E-state index in [1.165, 1.54) is 16.7 Å². The fourth-order valence-electron chi connectivity index (χ4n) is 3.66. The normalized spacial score (nSPS) is 15.7. The van der Waals surface area contributed by atoms with Crippen LogP contribution in [0, 0.1) is 10.1 Å². The van der Waals surface area contributed by atoms with Gasteiger partial charge in [-0.25, -0.2) is 9.79 Å². The standard InChI is InChI=1S/C23H18BrN3O5S/c1-3-32-22(29)19-13(2)25-23-26(20(19)15-7-5-8-16(24)12-15)21(28)18(33-23)11-14-6-4-9-17(10-14)27(30)31/h4-12,20H,3H2,1-2H3. The number of thiazole rings is 1. The quantitative estimate of drug-likeness (QED) is 0.287. The summed E-state index contributed by atoms with van der Waals surface area (Å²) < 4.78 is 7.91. The van der Waals surface area contributed by atoms with E-state index < -0.39 is 16.9 Å². The summed E-state index contributed by atoms with van der Waals surface area (Å²) in [7, 11) is 0. The van der Waals surface area contributed by atoms with Gasteiger partial charge in [-0.2, -0.15) is 0 Å². The van der Waals surface area contributed by atoms with Crippen LogP contribution in [0.2, 0.25) is 0 Å². The Labute approximate surface area is 200 Å². The summed E-state index contributed by atoms with van der Waals surface area (Å²) in [5, 5.41) is 11.1. The summed E-state index contributed by atoms with van der Waals surface area (Å²) in [5.41, 5.74) is 1.61. The molecule has 0 bridgehead atoms. The van der Waals surface area contributed by atoms with Crippen molar-refractivity contribution in [3.8, 4) is 0 Å². The number of non-ortho nitro benzene ring substituents is 1. The predicted octanol–water partition coefficient (Wildman–Crippen LogP) is 3.47. The number of benzene rings is 2. The number of nitro benzene ring substituents is 1. The van der Waals surface area contributed by atoms with Crippen LogP contribution in [0.1, 0.15) is 31.0 Å². The van der Waals surface area contributed by atoms with Crippen molar-refractivity contribution in [3.63, 3.8) is 0 Å². The highest BCUT2D eigenvalue weighted by Crippen LogP contribution is 2.31. The van der Waals surface area contributed by atoms with Crippen molar-refractivity contribution in [3.05, 3.63) is 105 Å². The van der Waals surface area contributed by atoms with Gasteiger partial charge in [-0.1, -0.05) is 51.5 Å². The summed E-state index contributed by atoms with van der Waals surface area (Å²) in [6.45, 7) is 3.63. The third-order valence-electron chi connectivity index (χ3n) is 5.06. The molecule has 10 heteroatoms. The fourth-order valence-corrected chi connectivity index (χ4v) is 5.13. The lowest BCUT2D eigenvalue weighted by Crippen LogP contribution is -2.39. The maximum atomic E-state index is 13.5. The number of nitro groups is 1. The van der Waals surface area contributed by atoms with Crippen LogP contribution in [0.5, 0.6) is 0 Å². The topological polar surface area (TPSA) is 104 Å². The first-order valence-corrected chi connectivity index (χ1v) is 11.6. The number of rotatable bonds is 5. The molecule has 3 aromatic rings. The van der Waals surface area contributed by atoms with Crippen molar-refractivity contribution in [1.29, 1.82) is 0 Å². The first-order valence-electron chi connectivity index (χ1n) is 9.99. The van der Waals surface area contributed by atoms with Gasteiger partial charge in [0.1, 0.15) is 0 Å². The molecule has 1 unspecified atom stereocenters. The van der Waals surface area contributed by atoms with Crippen LogP contribution in [0.4, 0.5) is 5.69 Å². The lowest BCUT2D eigenvalue weighted by Gasteiger charge is -2.24. The molecule has 0 saturated heterocycles. The Hall–Kier alpha value is -3.37. The van der Waals surface area contributed by atoms with E-state index in [1.54, 1.807) is 32.1 Å². The van der Waals surface area contributed by atoms with Gasteiger partial charge in [0, 0.05) is 16.6 Å². The summed E-state index contributed by atoms with van der Waals surface area (Å²) in [4.78, 5) is 41.9. The molecule has 33 heavy (non-hydrogen) atoms. The molecule has 0 N–H and O–H groups in total. The second-order valence-electron chi connectivity index (χ2n) is 7.21. The molecule has 1 aliphatic heterocycles. The Morgan fingerprint density at radius 1 is 1.30 bits per heavy atom. The van der Waals surface area contributed by atoms with Gasteiger partial charge in [-0.05, 0) is 43.2 Å². The highest BCUT2D eigenvalue weighted by molar-refractivity contribution is 9.10. The van der Waals surface area contributed by atoms with Crippen molar-refractivity contribution in [2.75, 3.05) is 6.61 Å². The van der Waals surface area contributed by atoms with Crippen molar-refractivity contribution in [2.45, 2.75) is 19.9 Å². The minimum atomic E-state index is -0.718. The van der Waals surface area contributed by atoms with E-state index in [0.29, 0.717) is 26.2 Å². The molecule has 0 radical (unpaired) electrons. The number of halogens is 1. The van der Waals surface area contributed by atoms with Crippen LogP contribution in [0.15, 0.2) is 74.1 Å². The average molecular weight is 528 g/mol. The number of hydrogen-bond acceptors (Lipinski definition) is 7. The van der Waals surface area contributed by atoms with Crippen LogP contribution in [-0.2, 0) is 9.53 Å². The number of aromatic nitrogens is 1. The van der Waals surface area contributed by atoms with E-state index in [1.807, 2.05) is 24.3 Å². The molecule has 4 rings (SSSR count). The number of fused-ring (bicyclic) bond motifs is 1. The fraction of sp³-hybridized carbons (Fsp3) is 0.174. The molecule has 0 spiro atoms. The van der Waals surface area contributed by atoms with Gasteiger partial charge in [0.15, 0.2) is 4.80 Å². The Morgan fingerprint density at radius 2 is 2.06 bits per heavy atom.